The first-order valence-corrected chi connectivity index (χ1v) is 4.56. The molecular formula is C11H13NO2. The molecule has 0 fully saturated rings. The smallest absolute Gasteiger partial charge is 0.258 e. The fourth-order valence-corrected chi connectivity index (χ4v) is 1.27. The average molecular weight is 191 g/mol. The van der Waals surface area contributed by atoms with Crippen LogP contribution in [0, 0.1) is 10.1 Å². The number of nitro groups is 1. The van der Waals surface area contributed by atoms with E-state index in [2.05, 4.69) is 13.0 Å². The minimum Gasteiger partial charge on any atom is -0.258 e. The third kappa shape index (κ3) is 2.42. The lowest BCUT2D eigenvalue weighted by atomic mass is 10.1. The van der Waals surface area contributed by atoms with E-state index in [0.29, 0.717) is 0 Å². The summed E-state index contributed by atoms with van der Waals surface area (Å²) in [5.74, 6) is 0. The first-order valence-electron chi connectivity index (χ1n) is 4.56. The second-order valence-electron chi connectivity index (χ2n) is 3.10. The Bertz CT molecular complexity index is 352. The standard InChI is InChI=1S/C11H13NO2/c1-3-4-9(2)10-5-7-11(8-6-10)12(13)14/h4-8H,3H2,1-2H3/b9-4+. The highest BCUT2D eigenvalue weighted by Gasteiger charge is 2.03. The lowest BCUT2D eigenvalue weighted by Crippen LogP contribution is -1.87. The van der Waals surface area contributed by atoms with Crippen LogP contribution in [0.2, 0.25) is 0 Å². The number of hydrogen-bond acceptors (Lipinski definition) is 2. The molecule has 0 aliphatic rings. The molecule has 0 saturated carbocycles. The van der Waals surface area contributed by atoms with E-state index >= 15 is 0 Å². The Labute approximate surface area is 83.2 Å². The van der Waals surface area contributed by atoms with E-state index in [1.165, 1.54) is 12.1 Å². The molecule has 0 heterocycles. The zero-order chi connectivity index (χ0) is 10.6. The van der Waals surface area contributed by atoms with Gasteiger partial charge in [-0.2, -0.15) is 0 Å². The summed E-state index contributed by atoms with van der Waals surface area (Å²) in [6.45, 7) is 4.07. The Morgan fingerprint density at radius 3 is 2.43 bits per heavy atom. The van der Waals surface area contributed by atoms with Crippen molar-refractivity contribution in [1.82, 2.24) is 0 Å². The van der Waals surface area contributed by atoms with Crippen molar-refractivity contribution in [2.45, 2.75) is 20.3 Å². The third-order valence-electron chi connectivity index (χ3n) is 2.04. The van der Waals surface area contributed by atoms with Crippen LogP contribution in [0.15, 0.2) is 30.3 Å². The van der Waals surface area contributed by atoms with Gasteiger partial charge in [-0.25, -0.2) is 0 Å². The first-order chi connectivity index (χ1) is 6.65. The van der Waals surface area contributed by atoms with Crippen molar-refractivity contribution in [3.8, 4) is 0 Å². The molecule has 14 heavy (non-hydrogen) atoms. The molecule has 0 atom stereocenters. The van der Waals surface area contributed by atoms with Gasteiger partial charge in [0.25, 0.3) is 5.69 Å². The van der Waals surface area contributed by atoms with Gasteiger partial charge in [0.2, 0.25) is 0 Å². The molecule has 0 unspecified atom stereocenters. The van der Waals surface area contributed by atoms with Gasteiger partial charge in [-0.3, -0.25) is 10.1 Å². The maximum Gasteiger partial charge on any atom is 0.269 e. The molecule has 74 valence electrons. The van der Waals surface area contributed by atoms with E-state index in [0.717, 1.165) is 17.6 Å². The molecule has 0 spiro atoms. The van der Waals surface area contributed by atoms with Crippen LogP contribution in [0.25, 0.3) is 5.57 Å². The third-order valence-corrected chi connectivity index (χ3v) is 2.04. The predicted octanol–water partition coefficient (Wildman–Crippen LogP) is 3.41. The molecule has 1 rings (SSSR count). The molecular weight excluding hydrogens is 178 g/mol. The summed E-state index contributed by atoms with van der Waals surface area (Å²) in [7, 11) is 0. The summed E-state index contributed by atoms with van der Waals surface area (Å²) in [4.78, 5) is 10.0. The highest BCUT2D eigenvalue weighted by atomic mass is 16.6. The molecule has 0 radical (unpaired) electrons. The molecule has 0 aliphatic heterocycles. The van der Waals surface area contributed by atoms with Crippen LogP contribution in [0.5, 0.6) is 0 Å². The van der Waals surface area contributed by atoms with Gasteiger partial charge >= 0.3 is 0 Å². The highest BCUT2D eigenvalue weighted by Crippen LogP contribution is 2.18. The average Bonchev–Trinajstić information content (AvgIpc) is 2.18. The van der Waals surface area contributed by atoms with Gasteiger partial charge in [0.05, 0.1) is 4.92 Å². The van der Waals surface area contributed by atoms with Crippen molar-refractivity contribution in [2.24, 2.45) is 0 Å². The quantitative estimate of drug-likeness (QED) is 0.542. The molecule has 1 aromatic rings. The monoisotopic (exact) mass is 191 g/mol. The maximum atomic E-state index is 10.4. The zero-order valence-corrected chi connectivity index (χ0v) is 8.36. The van der Waals surface area contributed by atoms with Crippen molar-refractivity contribution < 1.29 is 4.92 Å². The van der Waals surface area contributed by atoms with Crippen LogP contribution in [-0.4, -0.2) is 4.92 Å². The predicted molar refractivity (Wildman–Crippen MR) is 57.0 cm³/mol. The lowest BCUT2D eigenvalue weighted by molar-refractivity contribution is -0.384. The van der Waals surface area contributed by atoms with Crippen molar-refractivity contribution in [3.05, 3.63) is 46.0 Å². The van der Waals surface area contributed by atoms with E-state index in [4.69, 9.17) is 0 Å². The van der Waals surface area contributed by atoms with E-state index in [1.54, 1.807) is 12.1 Å². The SMILES string of the molecule is CC/C=C(\C)c1ccc([N+](=O)[O-])cc1. The minimum absolute atomic E-state index is 0.137. The molecule has 3 heteroatoms. The zero-order valence-electron chi connectivity index (χ0n) is 8.36. The summed E-state index contributed by atoms with van der Waals surface area (Å²) in [5.41, 5.74) is 2.33. The molecule has 0 amide bonds. The van der Waals surface area contributed by atoms with Gasteiger partial charge in [-0.15, -0.1) is 0 Å². The highest BCUT2D eigenvalue weighted by molar-refractivity contribution is 5.64. The van der Waals surface area contributed by atoms with Gasteiger partial charge < -0.3 is 0 Å². The van der Waals surface area contributed by atoms with Gasteiger partial charge in [-0.05, 0) is 36.6 Å². The summed E-state index contributed by atoms with van der Waals surface area (Å²) in [5, 5.41) is 10.4. The van der Waals surface area contributed by atoms with Gasteiger partial charge in [0.15, 0.2) is 0 Å². The van der Waals surface area contributed by atoms with Crippen LogP contribution >= 0.6 is 0 Å². The summed E-state index contributed by atoms with van der Waals surface area (Å²) < 4.78 is 0. The Morgan fingerprint density at radius 2 is 2.00 bits per heavy atom. The number of benzene rings is 1. The lowest BCUT2D eigenvalue weighted by Gasteiger charge is -2.00. The number of nitro benzene ring substituents is 1. The first kappa shape index (κ1) is 10.4. The summed E-state index contributed by atoms with van der Waals surface area (Å²) in [6.07, 6.45) is 3.07. The van der Waals surface area contributed by atoms with Crippen molar-refractivity contribution in [3.63, 3.8) is 0 Å². The molecule has 0 saturated heterocycles. The number of hydrogen-bond donors (Lipinski definition) is 0. The molecule has 0 bridgehead atoms. The minimum atomic E-state index is -0.386. The number of non-ortho nitro benzene ring substituents is 1. The van der Waals surface area contributed by atoms with Crippen LogP contribution in [0.4, 0.5) is 5.69 Å². The molecule has 0 aromatic heterocycles. The second kappa shape index (κ2) is 4.56. The Kier molecular flexibility index (Phi) is 3.40. The molecule has 0 N–H and O–H groups in total. The molecule has 3 nitrogen and oxygen atoms in total. The van der Waals surface area contributed by atoms with Crippen molar-refractivity contribution >= 4 is 11.3 Å². The van der Waals surface area contributed by atoms with Crippen LogP contribution < -0.4 is 0 Å². The number of nitrogens with zero attached hydrogens (tertiary/aromatic N) is 1. The summed E-state index contributed by atoms with van der Waals surface area (Å²) >= 11 is 0. The van der Waals surface area contributed by atoms with E-state index in [-0.39, 0.29) is 10.6 Å². The largest absolute Gasteiger partial charge is 0.269 e. The van der Waals surface area contributed by atoms with Gasteiger partial charge in [0, 0.05) is 12.1 Å². The van der Waals surface area contributed by atoms with E-state index in [1.807, 2.05) is 6.92 Å². The van der Waals surface area contributed by atoms with E-state index in [9.17, 15) is 10.1 Å². The van der Waals surface area contributed by atoms with Crippen molar-refractivity contribution in [2.75, 3.05) is 0 Å². The van der Waals surface area contributed by atoms with E-state index < -0.39 is 0 Å². The molecule has 1 aromatic carbocycles. The summed E-state index contributed by atoms with van der Waals surface area (Å²) in [6, 6.07) is 6.62. The Balaban J connectivity index is 2.94. The second-order valence-corrected chi connectivity index (χ2v) is 3.10. The topological polar surface area (TPSA) is 43.1 Å². The van der Waals surface area contributed by atoms with Crippen LogP contribution in [0.1, 0.15) is 25.8 Å². The fourth-order valence-electron chi connectivity index (χ4n) is 1.27. The number of rotatable bonds is 3. The number of allylic oxidation sites excluding steroid dienone is 2. The van der Waals surface area contributed by atoms with Gasteiger partial charge in [0.1, 0.15) is 0 Å². The van der Waals surface area contributed by atoms with Crippen LogP contribution in [-0.2, 0) is 0 Å². The normalized spacial score (nSPS) is 11.4. The Morgan fingerprint density at radius 1 is 1.43 bits per heavy atom. The maximum absolute atomic E-state index is 10.4. The van der Waals surface area contributed by atoms with Crippen LogP contribution in [0.3, 0.4) is 0 Å². The van der Waals surface area contributed by atoms with Gasteiger partial charge in [-0.1, -0.05) is 13.0 Å². The fraction of sp³-hybridized carbons (Fsp3) is 0.273. The molecule has 0 aliphatic carbocycles. The van der Waals surface area contributed by atoms with Crippen molar-refractivity contribution in [1.29, 1.82) is 0 Å². The Hall–Kier alpha value is -1.64.